The van der Waals surface area contributed by atoms with Crippen molar-refractivity contribution in [2.75, 3.05) is 32.8 Å². The molecule has 4 heteroatoms. The number of hydrogen-bond acceptors (Lipinski definition) is 3. The summed E-state index contributed by atoms with van der Waals surface area (Å²) in [6, 6.07) is 0. The Balaban J connectivity index is 1.73. The topological polar surface area (TPSA) is 41.6 Å². The van der Waals surface area contributed by atoms with Gasteiger partial charge in [0.05, 0.1) is 6.10 Å². The fraction of sp³-hybridized carbons (Fsp3) is 0.923. The molecule has 1 N–H and O–H groups in total. The van der Waals surface area contributed by atoms with Crippen LogP contribution >= 0.6 is 0 Å². The Hall–Kier alpha value is -0.610. The lowest BCUT2D eigenvalue weighted by molar-refractivity contribution is -0.136. The van der Waals surface area contributed by atoms with Crippen molar-refractivity contribution in [3.8, 4) is 0 Å². The minimum atomic E-state index is 0.271. The number of ether oxygens (including phenoxy) is 1. The summed E-state index contributed by atoms with van der Waals surface area (Å²) in [5.41, 5.74) is 0. The number of nitrogens with one attached hydrogen (secondary N) is 1. The molecule has 0 bridgehead atoms. The third-order valence-corrected chi connectivity index (χ3v) is 3.62. The van der Waals surface area contributed by atoms with Crippen molar-refractivity contribution in [1.82, 2.24) is 10.2 Å². The third-order valence-electron chi connectivity index (χ3n) is 3.62. The highest BCUT2D eigenvalue weighted by atomic mass is 16.5. The van der Waals surface area contributed by atoms with Gasteiger partial charge in [0.1, 0.15) is 0 Å². The molecule has 98 valence electrons. The summed E-state index contributed by atoms with van der Waals surface area (Å²) >= 11 is 0. The molecule has 0 spiro atoms. The predicted octanol–water partition coefficient (Wildman–Crippen LogP) is 1.01. The molecule has 0 saturated carbocycles. The highest BCUT2D eigenvalue weighted by Crippen LogP contribution is 2.17. The van der Waals surface area contributed by atoms with E-state index in [1.165, 1.54) is 0 Å². The van der Waals surface area contributed by atoms with Crippen LogP contribution in [0, 0.1) is 5.92 Å². The lowest BCUT2D eigenvalue weighted by Crippen LogP contribution is -2.48. The standard InChI is InChI=1S/C13H24N2O2/c1-2-6-17-12-4-3-5-15(10-12)13(16)7-11-8-14-9-11/h11-12,14H,2-10H2,1H3. The summed E-state index contributed by atoms with van der Waals surface area (Å²) in [5.74, 6) is 0.890. The summed E-state index contributed by atoms with van der Waals surface area (Å²) in [7, 11) is 0. The molecule has 2 rings (SSSR count). The van der Waals surface area contributed by atoms with Crippen molar-refractivity contribution in [1.29, 1.82) is 0 Å². The minimum Gasteiger partial charge on any atom is -0.376 e. The van der Waals surface area contributed by atoms with Crippen molar-refractivity contribution in [2.24, 2.45) is 5.92 Å². The zero-order valence-corrected chi connectivity index (χ0v) is 10.8. The SMILES string of the molecule is CCCOC1CCCN(C(=O)CC2CNC2)C1. The number of likely N-dealkylation sites (tertiary alicyclic amines) is 1. The maximum Gasteiger partial charge on any atom is 0.223 e. The molecular weight excluding hydrogens is 216 g/mol. The third kappa shape index (κ3) is 3.68. The molecule has 2 aliphatic heterocycles. The van der Waals surface area contributed by atoms with Crippen molar-refractivity contribution < 1.29 is 9.53 Å². The Bertz CT molecular complexity index is 254. The molecule has 1 atom stereocenters. The van der Waals surface area contributed by atoms with Crippen molar-refractivity contribution in [3.05, 3.63) is 0 Å². The van der Waals surface area contributed by atoms with Gasteiger partial charge in [0.2, 0.25) is 5.91 Å². The van der Waals surface area contributed by atoms with Gasteiger partial charge >= 0.3 is 0 Å². The molecule has 0 aromatic rings. The number of piperidine rings is 1. The fourth-order valence-corrected chi connectivity index (χ4v) is 2.45. The van der Waals surface area contributed by atoms with E-state index in [0.717, 1.165) is 52.0 Å². The van der Waals surface area contributed by atoms with Crippen LogP contribution in [0.1, 0.15) is 32.6 Å². The van der Waals surface area contributed by atoms with E-state index in [2.05, 4.69) is 12.2 Å². The molecule has 1 amide bonds. The van der Waals surface area contributed by atoms with Crippen LogP contribution in [0.3, 0.4) is 0 Å². The largest absolute Gasteiger partial charge is 0.376 e. The molecule has 2 fully saturated rings. The second-order valence-corrected chi connectivity index (χ2v) is 5.20. The first-order chi connectivity index (χ1) is 8.29. The first kappa shape index (κ1) is 12.8. The summed E-state index contributed by atoms with van der Waals surface area (Å²) in [6.45, 7) is 6.68. The quantitative estimate of drug-likeness (QED) is 0.780. The Morgan fingerprint density at radius 1 is 1.47 bits per heavy atom. The lowest BCUT2D eigenvalue weighted by atomic mass is 9.97. The van der Waals surface area contributed by atoms with E-state index in [1.807, 2.05) is 4.90 Å². The summed E-state index contributed by atoms with van der Waals surface area (Å²) in [4.78, 5) is 14.1. The highest BCUT2D eigenvalue weighted by molar-refractivity contribution is 5.76. The number of nitrogens with zero attached hydrogens (tertiary/aromatic N) is 1. The Kier molecular flexibility index (Phi) is 4.80. The molecule has 2 saturated heterocycles. The van der Waals surface area contributed by atoms with E-state index in [0.29, 0.717) is 18.2 Å². The minimum absolute atomic E-state index is 0.271. The molecule has 4 nitrogen and oxygen atoms in total. The van der Waals surface area contributed by atoms with Gasteiger partial charge in [0.15, 0.2) is 0 Å². The first-order valence-electron chi connectivity index (χ1n) is 6.89. The monoisotopic (exact) mass is 240 g/mol. The summed E-state index contributed by atoms with van der Waals surface area (Å²) in [5, 5.41) is 3.21. The van der Waals surface area contributed by atoms with Crippen LogP contribution in [0.5, 0.6) is 0 Å². The molecule has 17 heavy (non-hydrogen) atoms. The highest BCUT2D eigenvalue weighted by Gasteiger charge is 2.27. The zero-order valence-electron chi connectivity index (χ0n) is 10.8. The van der Waals surface area contributed by atoms with Gasteiger partial charge in [0, 0.05) is 26.1 Å². The fourth-order valence-electron chi connectivity index (χ4n) is 2.45. The van der Waals surface area contributed by atoms with E-state index in [4.69, 9.17) is 4.74 Å². The predicted molar refractivity (Wildman–Crippen MR) is 66.8 cm³/mol. The van der Waals surface area contributed by atoms with Crippen molar-refractivity contribution >= 4 is 5.91 Å². The number of carbonyl (C=O) groups is 1. The average Bonchev–Trinajstić information content (AvgIpc) is 2.31. The smallest absolute Gasteiger partial charge is 0.223 e. The average molecular weight is 240 g/mol. The number of amides is 1. The van der Waals surface area contributed by atoms with Crippen LogP contribution in [0.25, 0.3) is 0 Å². The Morgan fingerprint density at radius 2 is 2.29 bits per heavy atom. The number of hydrogen-bond donors (Lipinski definition) is 1. The van der Waals surface area contributed by atoms with Gasteiger partial charge in [-0.1, -0.05) is 6.92 Å². The first-order valence-corrected chi connectivity index (χ1v) is 6.89. The lowest BCUT2D eigenvalue weighted by Gasteiger charge is -2.35. The molecular formula is C13H24N2O2. The van der Waals surface area contributed by atoms with Crippen LogP contribution in [0.2, 0.25) is 0 Å². The van der Waals surface area contributed by atoms with Crippen LogP contribution < -0.4 is 5.32 Å². The maximum atomic E-state index is 12.1. The van der Waals surface area contributed by atoms with Gasteiger partial charge in [-0.15, -0.1) is 0 Å². The van der Waals surface area contributed by atoms with Crippen molar-refractivity contribution in [2.45, 2.75) is 38.7 Å². The molecule has 0 aromatic carbocycles. The van der Waals surface area contributed by atoms with E-state index >= 15 is 0 Å². The van der Waals surface area contributed by atoms with Crippen LogP contribution in [-0.2, 0) is 9.53 Å². The second kappa shape index (κ2) is 6.36. The van der Waals surface area contributed by atoms with Gasteiger partial charge in [-0.25, -0.2) is 0 Å². The molecule has 2 aliphatic rings. The molecule has 1 unspecified atom stereocenters. The number of carbonyl (C=O) groups excluding carboxylic acids is 1. The molecule has 2 heterocycles. The summed E-state index contributed by atoms with van der Waals surface area (Å²) in [6.07, 6.45) is 4.23. The van der Waals surface area contributed by atoms with Gasteiger partial charge in [-0.05, 0) is 38.3 Å². The Labute approximate surface area is 104 Å². The van der Waals surface area contributed by atoms with E-state index in [-0.39, 0.29) is 6.10 Å². The van der Waals surface area contributed by atoms with E-state index < -0.39 is 0 Å². The van der Waals surface area contributed by atoms with Gasteiger partial charge < -0.3 is 15.0 Å². The second-order valence-electron chi connectivity index (χ2n) is 5.20. The Morgan fingerprint density at radius 3 is 2.94 bits per heavy atom. The van der Waals surface area contributed by atoms with Gasteiger partial charge in [0.25, 0.3) is 0 Å². The van der Waals surface area contributed by atoms with Crippen LogP contribution in [0.15, 0.2) is 0 Å². The van der Waals surface area contributed by atoms with Gasteiger partial charge in [-0.2, -0.15) is 0 Å². The van der Waals surface area contributed by atoms with E-state index in [1.54, 1.807) is 0 Å². The van der Waals surface area contributed by atoms with Crippen molar-refractivity contribution in [3.63, 3.8) is 0 Å². The van der Waals surface area contributed by atoms with E-state index in [9.17, 15) is 4.79 Å². The number of rotatable bonds is 5. The van der Waals surface area contributed by atoms with Crippen LogP contribution in [0.4, 0.5) is 0 Å². The maximum absolute atomic E-state index is 12.1. The normalized spacial score (nSPS) is 25.7. The molecule has 0 radical (unpaired) electrons. The summed E-state index contributed by atoms with van der Waals surface area (Å²) < 4.78 is 5.75. The molecule has 0 aliphatic carbocycles. The van der Waals surface area contributed by atoms with Crippen LogP contribution in [-0.4, -0.2) is 49.7 Å². The zero-order chi connectivity index (χ0) is 12.1. The molecule has 0 aromatic heterocycles. The van der Waals surface area contributed by atoms with Gasteiger partial charge in [-0.3, -0.25) is 4.79 Å².